The molecular weight excluding hydrogens is 166 g/mol. The van der Waals surface area contributed by atoms with Crippen molar-refractivity contribution in [3.05, 3.63) is 36.8 Å². The molecule has 0 saturated carbocycles. The van der Waals surface area contributed by atoms with Gasteiger partial charge in [0.2, 0.25) is 5.91 Å². The van der Waals surface area contributed by atoms with Crippen LogP contribution in [-0.2, 0) is 11.2 Å². The normalized spacial score (nSPS) is 9.62. The van der Waals surface area contributed by atoms with Crippen molar-refractivity contribution in [1.29, 1.82) is 0 Å². The summed E-state index contributed by atoms with van der Waals surface area (Å²) in [5.41, 5.74) is 0.878. The maximum Gasteiger partial charge on any atom is 0.224 e. The summed E-state index contributed by atoms with van der Waals surface area (Å²) < 4.78 is 0. The molecule has 0 spiro atoms. The summed E-state index contributed by atoms with van der Waals surface area (Å²) in [4.78, 5) is 11.1. The average Bonchev–Trinajstić information content (AvgIpc) is 2.09. The highest BCUT2D eigenvalue weighted by Gasteiger charge is 2.00. The lowest BCUT2D eigenvalue weighted by atomic mass is 10.1. The van der Waals surface area contributed by atoms with E-state index in [-0.39, 0.29) is 11.7 Å². The molecule has 2 N–H and O–H groups in total. The lowest BCUT2D eigenvalue weighted by molar-refractivity contribution is -0.120. The summed E-state index contributed by atoms with van der Waals surface area (Å²) in [6.45, 7) is 3.91. The number of aromatic hydroxyl groups is 1. The lowest BCUT2D eigenvalue weighted by Gasteiger charge is -2.01. The molecule has 0 unspecified atom stereocenters. The first-order valence-corrected chi connectivity index (χ1v) is 4.06. The molecule has 1 amide bonds. The van der Waals surface area contributed by atoms with Crippen LogP contribution in [0.2, 0.25) is 0 Å². The molecule has 0 aromatic heterocycles. The van der Waals surface area contributed by atoms with Crippen LogP contribution in [0.1, 0.15) is 5.56 Å². The van der Waals surface area contributed by atoms with Crippen LogP contribution >= 0.6 is 0 Å². The van der Waals surface area contributed by atoms with Crippen molar-refractivity contribution in [1.82, 2.24) is 5.32 Å². The number of nitrogens with one attached hydrogen (secondary N) is 1. The molecule has 0 aliphatic heterocycles. The molecule has 0 saturated heterocycles. The Hall–Kier alpha value is -1.51. The lowest BCUT2D eigenvalue weighted by Crippen LogP contribution is -2.24. The first kappa shape index (κ1) is 9.58. The minimum Gasteiger partial charge on any atom is -0.508 e. The van der Waals surface area contributed by atoms with Gasteiger partial charge in [-0.25, -0.2) is 0 Å². The molecule has 0 bridgehead atoms. The second kappa shape index (κ2) is 4.50. The van der Waals surface area contributed by atoms with Crippen molar-refractivity contribution in [2.45, 2.75) is 6.42 Å². The number of phenolic OH excluding ortho intramolecular Hbond substituents is 1. The zero-order chi connectivity index (χ0) is 9.68. The van der Waals surface area contributed by atoms with E-state index in [0.29, 0.717) is 13.0 Å². The van der Waals surface area contributed by atoms with Crippen LogP contribution in [0.5, 0.6) is 5.75 Å². The molecule has 0 atom stereocenters. The Morgan fingerprint density at radius 3 is 2.54 bits per heavy atom. The van der Waals surface area contributed by atoms with Crippen molar-refractivity contribution < 1.29 is 9.90 Å². The van der Waals surface area contributed by atoms with Gasteiger partial charge >= 0.3 is 0 Å². The average molecular weight is 178 g/mol. The highest BCUT2D eigenvalue weighted by Crippen LogP contribution is 2.09. The maximum atomic E-state index is 11.1. The van der Waals surface area contributed by atoms with E-state index in [1.807, 2.05) is 0 Å². The van der Waals surface area contributed by atoms with Crippen LogP contribution in [0.25, 0.3) is 0 Å². The number of carbonyl (C=O) groups is 1. The van der Waals surface area contributed by atoms with Gasteiger partial charge in [-0.3, -0.25) is 4.79 Å². The van der Waals surface area contributed by atoms with Gasteiger partial charge < -0.3 is 10.4 Å². The second-order valence-corrected chi connectivity index (χ2v) is 2.69. The largest absolute Gasteiger partial charge is 0.508 e. The van der Waals surface area contributed by atoms with E-state index in [0.717, 1.165) is 5.56 Å². The van der Waals surface area contributed by atoms with Crippen LogP contribution in [0.3, 0.4) is 0 Å². The van der Waals surface area contributed by atoms with Gasteiger partial charge in [0, 0.05) is 6.54 Å². The Bertz CT molecular complexity index is 279. The van der Waals surface area contributed by atoms with E-state index >= 15 is 0 Å². The van der Waals surface area contributed by atoms with E-state index in [9.17, 15) is 4.79 Å². The third kappa shape index (κ3) is 3.15. The first-order chi connectivity index (χ1) is 6.22. The van der Waals surface area contributed by atoms with Gasteiger partial charge in [0.15, 0.2) is 0 Å². The Labute approximate surface area is 77.4 Å². The van der Waals surface area contributed by atoms with Crippen LogP contribution in [0.15, 0.2) is 24.3 Å². The SMILES string of the molecule is [CH2]CNC(=O)Cc1ccc(O)cc1. The molecule has 1 radical (unpaired) electrons. The zero-order valence-electron chi connectivity index (χ0n) is 7.29. The summed E-state index contributed by atoms with van der Waals surface area (Å²) in [6.07, 6.45) is 0.329. The summed E-state index contributed by atoms with van der Waals surface area (Å²) in [5, 5.41) is 11.6. The van der Waals surface area contributed by atoms with Crippen LogP contribution in [-0.4, -0.2) is 17.6 Å². The zero-order valence-corrected chi connectivity index (χ0v) is 7.29. The van der Waals surface area contributed by atoms with E-state index in [2.05, 4.69) is 12.2 Å². The predicted molar refractivity (Wildman–Crippen MR) is 50.2 cm³/mol. The quantitative estimate of drug-likeness (QED) is 0.722. The molecule has 0 heterocycles. The topological polar surface area (TPSA) is 49.3 Å². The van der Waals surface area contributed by atoms with Crippen molar-refractivity contribution in [2.24, 2.45) is 0 Å². The van der Waals surface area contributed by atoms with Crippen molar-refractivity contribution in [3.8, 4) is 5.75 Å². The van der Waals surface area contributed by atoms with E-state index in [4.69, 9.17) is 5.11 Å². The highest BCUT2D eigenvalue weighted by molar-refractivity contribution is 5.78. The van der Waals surface area contributed by atoms with Gasteiger partial charge in [0.1, 0.15) is 5.75 Å². The second-order valence-electron chi connectivity index (χ2n) is 2.69. The Morgan fingerprint density at radius 1 is 1.38 bits per heavy atom. The summed E-state index contributed by atoms with van der Waals surface area (Å²) in [5.74, 6) is 0.155. The fourth-order valence-electron chi connectivity index (χ4n) is 1.00. The maximum absolute atomic E-state index is 11.1. The molecule has 1 aromatic carbocycles. The van der Waals surface area contributed by atoms with Crippen molar-refractivity contribution in [3.63, 3.8) is 0 Å². The minimum atomic E-state index is -0.0549. The molecule has 0 aliphatic carbocycles. The molecule has 1 aromatic rings. The first-order valence-electron chi connectivity index (χ1n) is 4.06. The van der Waals surface area contributed by atoms with Crippen molar-refractivity contribution >= 4 is 5.91 Å². The third-order valence-corrected chi connectivity index (χ3v) is 1.62. The van der Waals surface area contributed by atoms with Crippen LogP contribution < -0.4 is 5.32 Å². The fourth-order valence-corrected chi connectivity index (χ4v) is 1.00. The smallest absolute Gasteiger partial charge is 0.224 e. The molecular formula is C10H12NO2. The number of benzene rings is 1. The van der Waals surface area contributed by atoms with Crippen LogP contribution in [0, 0.1) is 6.92 Å². The summed E-state index contributed by atoms with van der Waals surface area (Å²) in [6, 6.07) is 6.57. The van der Waals surface area contributed by atoms with Gasteiger partial charge in [0.05, 0.1) is 6.42 Å². The van der Waals surface area contributed by atoms with Gasteiger partial charge in [-0.2, -0.15) is 0 Å². The van der Waals surface area contributed by atoms with Gasteiger partial charge in [0.25, 0.3) is 0 Å². The number of amides is 1. The third-order valence-electron chi connectivity index (χ3n) is 1.62. The minimum absolute atomic E-state index is 0.0549. The molecule has 1 rings (SSSR count). The predicted octanol–water partition coefficient (Wildman–Crippen LogP) is 0.885. The molecule has 3 heteroatoms. The Balaban J connectivity index is 2.54. The molecule has 0 aliphatic rings. The van der Waals surface area contributed by atoms with Crippen molar-refractivity contribution in [2.75, 3.05) is 6.54 Å². The molecule has 13 heavy (non-hydrogen) atoms. The standard InChI is InChI=1S/C10H12NO2/c1-2-11-10(13)7-8-3-5-9(12)6-4-8/h3-6,12H,1-2,7H2,(H,11,13). The molecule has 69 valence electrons. The number of carbonyl (C=O) groups excluding carboxylic acids is 1. The Morgan fingerprint density at radius 2 is 2.00 bits per heavy atom. The summed E-state index contributed by atoms with van der Waals surface area (Å²) >= 11 is 0. The highest BCUT2D eigenvalue weighted by atomic mass is 16.3. The number of hydrogen-bond donors (Lipinski definition) is 2. The summed E-state index contributed by atoms with van der Waals surface area (Å²) in [7, 11) is 0. The number of phenols is 1. The monoisotopic (exact) mass is 178 g/mol. The number of rotatable bonds is 3. The van der Waals surface area contributed by atoms with E-state index in [1.54, 1.807) is 24.3 Å². The van der Waals surface area contributed by atoms with E-state index < -0.39 is 0 Å². The van der Waals surface area contributed by atoms with Gasteiger partial charge in [-0.15, -0.1) is 0 Å². The molecule has 0 fully saturated rings. The Kier molecular flexibility index (Phi) is 3.31. The number of hydrogen-bond acceptors (Lipinski definition) is 2. The van der Waals surface area contributed by atoms with Gasteiger partial charge in [-0.1, -0.05) is 12.1 Å². The van der Waals surface area contributed by atoms with Crippen LogP contribution in [0.4, 0.5) is 0 Å². The van der Waals surface area contributed by atoms with Gasteiger partial charge in [-0.05, 0) is 24.6 Å². The van der Waals surface area contributed by atoms with E-state index in [1.165, 1.54) is 0 Å². The molecule has 3 nitrogen and oxygen atoms in total. The fraction of sp³-hybridized carbons (Fsp3) is 0.200.